The fourth-order valence-electron chi connectivity index (χ4n) is 2.12. The summed E-state index contributed by atoms with van der Waals surface area (Å²) in [5.74, 6) is 0.350. The average molecular weight is 283 g/mol. The molecule has 0 aliphatic carbocycles. The molecule has 1 fully saturated rings. The average Bonchev–Trinajstić information content (AvgIpc) is 2.92. The first-order valence-corrected chi connectivity index (χ1v) is 10.6. The molecule has 19 heavy (non-hydrogen) atoms. The molecule has 2 N–H and O–H groups in total. The lowest BCUT2D eigenvalue weighted by molar-refractivity contribution is 0.0781. The van der Waals surface area contributed by atoms with Gasteiger partial charge in [0.05, 0.1) is 24.2 Å². The topological polar surface area (TPSA) is 62.3 Å². The van der Waals surface area contributed by atoms with Gasteiger partial charge in [0.25, 0.3) is 0 Å². The standard InChI is InChI=1S/C13H25N3O2Si/c1-19(2,3)7-6-18-10-16-8-12(14)13(15-16)11-4-5-17-9-11/h8,11H,4-7,9-10,14H2,1-3H3. The summed E-state index contributed by atoms with van der Waals surface area (Å²) in [6, 6.07) is 1.17. The second kappa shape index (κ2) is 6.07. The predicted octanol–water partition coefficient (Wildman–Crippen LogP) is 2.28. The van der Waals surface area contributed by atoms with Crippen molar-refractivity contribution in [2.45, 2.75) is 44.8 Å². The van der Waals surface area contributed by atoms with Gasteiger partial charge in [-0.3, -0.25) is 0 Å². The van der Waals surface area contributed by atoms with Gasteiger partial charge in [0.15, 0.2) is 0 Å². The van der Waals surface area contributed by atoms with E-state index in [1.165, 1.54) is 6.04 Å². The zero-order valence-corrected chi connectivity index (χ0v) is 13.2. The summed E-state index contributed by atoms with van der Waals surface area (Å²) in [6.45, 7) is 9.88. The molecule has 2 heterocycles. The molecular formula is C13H25N3O2Si. The summed E-state index contributed by atoms with van der Waals surface area (Å²) in [6.07, 6.45) is 2.87. The molecule has 108 valence electrons. The zero-order chi connectivity index (χ0) is 13.9. The van der Waals surface area contributed by atoms with Gasteiger partial charge in [0, 0.05) is 27.2 Å². The van der Waals surface area contributed by atoms with Crippen LogP contribution in [0, 0.1) is 0 Å². The fraction of sp³-hybridized carbons (Fsp3) is 0.769. The van der Waals surface area contributed by atoms with Crippen LogP contribution in [0.4, 0.5) is 5.69 Å². The molecule has 0 bridgehead atoms. The van der Waals surface area contributed by atoms with E-state index in [-0.39, 0.29) is 0 Å². The summed E-state index contributed by atoms with van der Waals surface area (Å²) >= 11 is 0. The molecule has 1 aliphatic rings. The Balaban J connectivity index is 1.83. The first kappa shape index (κ1) is 14.6. The molecule has 1 unspecified atom stereocenters. The molecule has 6 heteroatoms. The van der Waals surface area contributed by atoms with E-state index in [0.29, 0.717) is 12.6 Å². The van der Waals surface area contributed by atoms with E-state index >= 15 is 0 Å². The first-order valence-electron chi connectivity index (χ1n) is 6.94. The molecule has 0 saturated carbocycles. The Morgan fingerprint density at radius 2 is 2.32 bits per heavy atom. The highest BCUT2D eigenvalue weighted by atomic mass is 28.3. The quantitative estimate of drug-likeness (QED) is 0.642. The van der Waals surface area contributed by atoms with Crippen molar-refractivity contribution in [2.24, 2.45) is 0 Å². The molecule has 1 aromatic rings. The lowest BCUT2D eigenvalue weighted by Gasteiger charge is -2.15. The molecule has 1 saturated heterocycles. The van der Waals surface area contributed by atoms with Gasteiger partial charge in [-0.05, 0) is 12.5 Å². The molecular weight excluding hydrogens is 258 g/mol. The third kappa shape index (κ3) is 4.33. The predicted molar refractivity (Wildman–Crippen MR) is 78.9 cm³/mol. The minimum absolute atomic E-state index is 0.350. The van der Waals surface area contributed by atoms with Crippen LogP contribution in [0.3, 0.4) is 0 Å². The molecule has 0 radical (unpaired) electrons. The van der Waals surface area contributed by atoms with Gasteiger partial charge in [-0.15, -0.1) is 0 Å². The number of nitrogen functional groups attached to an aromatic ring is 1. The van der Waals surface area contributed by atoms with Crippen molar-refractivity contribution < 1.29 is 9.47 Å². The molecule has 0 aromatic carbocycles. The highest BCUT2D eigenvalue weighted by Gasteiger charge is 2.23. The lowest BCUT2D eigenvalue weighted by atomic mass is 10.0. The van der Waals surface area contributed by atoms with E-state index in [1.54, 1.807) is 4.68 Å². The van der Waals surface area contributed by atoms with E-state index in [2.05, 4.69) is 24.7 Å². The zero-order valence-electron chi connectivity index (χ0n) is 12.2. The summed E-state index contributed by atoms with van der Waals surface area (Å²) in [7, 11) is -1.02. The Kier molecular flexibility index (Phi) is 4.65. The van der Waals surface area contributed by atoms with Crippen LogP contribution < -0.4 is 5.73 Å². The highest BCUT2D eigenvalue weighted by molar-refractivity contribution is 6.76. The van der Waals surface area contributed by atoms with Gasteiger partial charge in [0.2, 0.25) is 0 Å². The summed E-state index contributed by atoms with van der Waals surface area (Å²) in [5.41, 5.74) is 7.73. The minimum Gasteiger partial charge on any atom is -0.396 e. The second-order valence-corrected chi connectivity index (χ2v) is 12.0. The van der Waals surface area contributed by atoms with Crippen molar-refractivity contribution in [3.05, 3.63) is 11.9 Å². The van der Waals surface area contributed by atoms with Crippen LogP contribution in [0.25, 0.3) is 0 Å². The van der Waals surface area contributed by atoms with E-state index in [0.717, 1.165) is 37.6 Å². The molecule has 5 nitrogen and oxygen atoms in total. The number of rotatable bonds is 6. The number of nitrogens with two attached hydrogens (primary N) is 1. The van der Waals surface area contributed by atoms with Crippen LogP contribution in [0.15, 0.2) is 6.20 Å². The van der Waals surface area contributed by atoms with Crippen molar-refractivity contribution in [1.82, 2.24) is 9.78 Å². The maximum absolute atomic E-state index is 6.01. The van der Waals surface area contributed by atoms with E-state index in [1.807, 2.05) is 6.20 Å². The van der Waals surface area contributed by atoms with E-state index in [9.17, 15) is 0 Å². The number of hydrogen-bond donors (Lipinski definition) is 1. The third-order valence-corrected chi connectivity index (χ3v) is 5.06. The number of nitrogens with zero attached hydrogens (tertiary/aromatic N) is 2. The Labute approximate surface area is 116 Å². The van der Waals surface area contributed by atoms with Crippen molar-refractivity contribution in [3.8, 4) is 0 Å². The molecule has 1 atom stereocenters. The van der Waals surface area contributed by atoms with E-state index < -0.39 is 8.07 Å². The fourth-order valence-corrected chi connectivity index (χ4v) is 2.88. The van der Waals surface area contributed by atoms with Crippen molar-refractivity contribution in [2.75, 3.05) is 25.6 Å². The van der Waals surface area contributed by atoms with Gasteiger partial charge in [-0.2, -0.15) is 5.10 Å². The Bertz CT molecular complexity index is 409. The van der Waals surface area contributed by atoms with Crippen LogP contribution in [-0.2, 0) is 16.2 Å². The van der Waals surface area contributed by atoms with Gasteiger partial charge >= 0.3 is 0 Å². The van der Waals surface area contributed by atoms with Crippen LogP contribution in [0.1, 0.15) is 18.0 Å². The van der Waals surface area contributed by atoms with Gasteiger partial charge in [-0.1, -0.05) is 19.6 Å². The largest absolute Gasteiger partial charge is 0.396 e. The maximum atomic E-state index is 6.01. The van der Waals surface area contributed by atoms with E-state index in [4.69, 9.17) is 15.2 Å². The molecule has 0 spiro atoms. The van der Waals surface area contributed by atoms with Crippen molar-refractivity contribution >= 4 is 13.8 Å². The number of aromatic nitrogens is 2. The lowest BCUT2D eigenvalue weighted by Crippen LogP contribution is -2.22. The number of ether oxygens (including phenoxy) is 2. The Morgan fingerprint density at radius 3 is 2.95 bits per heavy atom. The van der Waals surface area contributed by atoms with Crippen LogP contribution in [-0.4, -0.2) is 37.7 Å². The van der Waals surface area contributed by atoms with Crippen molar-refractivity contribution in [3.63, 3.8) is 0 Å². The SMILES string of the molecule is C[Si](C)(C)CCOCn1cc(N)c(C2CCOC2)n1. The minimum atomic E-state index is -1.02. The number of hydrogen-bond acceptors (Lipinski definition) is 4. The Morgan fingerprint density at radius 1 is 1.53 bits per heavy atom. The van der Waals surface area contributed by atoms with Crippen molar-refractivity contribution in [1.29, 1.82) is 0 Å². The molecule has 1 aliphatic heterocycles. The molecule has 2 rings (SSSR count). The molecule has 0 amide bonds. The summed E-state index contributed by atoms with van der Waals surface area (Å²) in [4.78, 5) is 0. The van der Waals surface area contributed by atoms with Crippen LogP contribution >= 0.6 is 0 Å². The highest BCUT2D eigenvalue weighted by Crippen LogP contribution is 2.27. The third-order valence-electron chi connectivity index (χ3n) is 3.36. The van der Waals surface area contributed by atoms with Crippen LogP contribution in [0.2, 0.25) is 25.7 Å². The number of anilines is 1. The maximum Gasteiger partial charge on any atom is 0.139 e. The van der Waals surface area contributed by atoms with Gasteiger partial charge < -0.3 is 15.2 Å². The normalized spacial score (nSPS) is 20.1. The Hall–Kier alpha value is -0.853. The smallest absolute Gasteiger partial charge is 0.139 e. The van der Waals surface area contributed by atoms with Crippen LogP contribution in [0.5, 0.6) is 0 Å². The summed E-state index contributed by atoms with van der Waals surface area (Å²) in [5, 5.41) is 4.52. The monoisotopic (exact) mass is 283 g/mol. The summed E-state index contributed by atoms with van der Waals surface area (Å²) < 4.78 is 12.9. The molecule has 1 aromatic heterocycles. The first-order chi connectivity index (χ1) is 8.96. The van der Waals surface area contributed by atoms with Gasteiger partial charge in [-0.25, -0.2) is 4.68 Å². The van der Waals surface area contributed by atoms with Gasteiger partial charge in [0.1, 0.15) is 6.73 Å². The second-order valence-electron chi connectivity index (χ2n) is 6.42.